The zero-order valence-electron chi connectivity index (χ0n) is 10.8. The number of hydrogen-bond acceptors (Lipinski definition) is 2. The molecule has 0 aromatic heterocycles. The molecule has 2 atom stereocenters. The Hall–Kier alpha value is -0.0800. The standard InChI is InChI=1S/C13H27NO/c1-5-11-7-6-8-12(10-9-11)14-15-13(2,3)4/h11-12,14H,5-10H2,1-4H3. The van der Waals surface area contributed by atoms with Crippen LogP contribution in [0.3, 0.4) is 0 Å². The third kappa shape index (κ3) is 5.53. The van der Waals surface area contributed by atoms with Crippen molar-refractivity contribution in [1.82, 2.24) is 5.48 Å². The molecule has 1 rings (SSSR count). The molecule has 0 radical (unpaired) electrons. The van der Waals surface area contributed by atoms with Crippen molar-refractivity contribution < 1.29 is 4.84 Å². The van der Waals surface area contributed by atoms with Crippen molar-refractivity contribution in [3.8, 4) is 0 Å². The quantitative estimate of drug-likeness (QED) is 0.570. The van der Waals surface area contributed by atoms with Gasteiger partial charge in [0.05, 0.1) is 5.60 Å². The van der Waals surface area contributed by atoms with Crippen LogP contribution < -0.4 is 5.48 Å². The Kier molecular flexibility index (Phi) is 5.07. The van der Waals surface area contributed by atoms with E-state index in [-0.39, 0.29) is 5.60 Å². The molecule has 90 valence electrons. The first-order chi connectivity index (χ1) is 7.01. The summed E-state index contributed by atoms with van der Waals surface area (Å²) in [7, 11) is 0. The smallest absolute Gasteiger partial charge is 0.0813 e. The van der Waals surface area contributed by atoms with E-state index in [2.05, 4.69) is 33.2 Å². The Labute approximate surface area is 94.7 Å². The van der Waals surface area contributed by atoms with Crippen LogP contribution in [0.1, 0.15) is 66.2 Å². The maximum Gasteiger partial charge on any atom is 0.0813 e. The Bertz CT molecular complexity index is 174. The maximum atomic E-state index is 5.64. The van der Waals surface area contributed by atoms with Gasteiger partial charge in [-0.3, -0.25) is 4.84 Å². The summed E-state index contributed by atoms with van der Waals surface area (Å²) in [6.45, 7) is 8.58. The average molecular weight is 213 g/mol. The fourth-order valence-electron chi connectivity index (χ4n) is 2.16. The summed E-state index contributed by atoms with van der Waals surface area (Å²) in [6.07, 6.45) is 8.00. The van der Waals surface area contributed by atoms with Gasteiger partial charge in [-0.2, -0.15) is 5.48 Å². The molecule has 0 spiro atoms. The van der Waals surface area contributed by atoms with Gasteiger partial charge in [-0.25, -0.2) is 0 Å². The molecule has 1 saturated carbocycles. The second-order valence-electron chi connectivity index (χ2n) is 5.81. The van der Waals surface area contributed by atoms with Crippen molar-refractivity contribution in [3.05, 3.63) is 0 Å². The molecule has 2 nitrogen and oxygen atoms in total. The highest BCUT2D eigenvalue weighted by Crippen LogP contribution is 2.25. The molecule has 2 unspecified atom stereocenters. The Balaban J connectivity index is 2.25. The second-order valence-corrected chi connectivity index (χ2v) is 5.81. The number of hydrogen-bond donors (Lipinski definition) is 1. The number of nitrogens with one attached hydrogen (secondary N) is 1. The molecule has 0 aliphatic heterocycles. The molecular formula is C13H27NO. The third-order valence-corrected chi connectivity index (χ3v) is 3.20. The summed E-state index contributed by atoms with van der Waals surface area (Å²) in [5, 5.41) is 0. The first-order valence-electron chi connectivity index (χ1n) is 6.45. The highest BCUT2D eigenvalue weighted by molar-refractivity contribution is 4.72. The van der Waals surface area contributed by atoms with Crippen LogP contribution >= 0.6 is 0 Å². The molecule has 0 saturated heterocycles. The van der Waals surface area contributed by atoms with E-state index in [0.717, 1.165) is 5.92 Å². The summed E-state index contributed by atoms with van der Waals surface area (Å²) in [5.41, 5.74) is 3.17. The van der Waals surface area contributed by atoms with Crippen molar-refractivity contribution in [2.24, 2.45) is 5.92 Å². The van der Waals surface area contributed by atoms with E-state index in [4.69, 9.17) is 4.84 Å². The molecule has 2 heteroatoms. The van der Waals surface area contributed by atoms with Crippen LogP contribution in [0, 0.1) is 5.92 Å². The predicted octanol–water partition coefficient (Wildman–Crippen LogP) is 3.67. The number of hydroxylamine groups is 1. The second kappa shape index (κ2) is 5.86. The fraction of sp³-hybridized carbons (Fsp3) is 1.00. The third-order valence-electron chi connectivity index (χ3n) is 3.20. The molecule has 15 heavy (non-hydrogen) atoms. The lowest BCUT2D eigenvalue weighted by Gasteiger charge is -2.24. The topological polar surface area (TPSA) is 21.3 Å². The highest BCUT2D eigenvalue weighted by Gasteiger charge is 2.19. The highest BCUT2D eigenvalue weighted by atomic mass is 16.7. The van der Waals surface area contributed by atoms with Gasteiger partial charge < -0.3 is 0 Å². The minimum absolute atomic E-state index is 0.0730. The summed E-state index contributed by atoms with van der Waals surface area (Å²) >= 11 is 0. The van der Waals surface area contributed by atoms with Crippen molar-refractivity contribution in [2.45, 2.75) is 77.9 Å². The molecule has 0 aromatic rings. The normalized spacial score (nSPS) is 28.8. The van der Waals surface area contributed by atoms with Crippen molar-refractivity contribution in [1.29, 1.82) is 0 Å². The summed E-state index contributed by atoms with van der Waals surface area (Å²) in [6, 6.07) is 0.570. The molecule has 1 fully saturated rings. The van der Waals surface area contributed by atoms with E-state index in [9.17, 15) is 0 Å². The molecule has 1 N–H and O–H groups in total. The van der Waals surface area contributed by atoms with Gasteiger partial charge >= 0.3 is 0 Å². The van der Waals surface area contributed by atoms with E-state index >= 15 is 0 Å². The van der Waals surface area contributed by atoms with Crippen LogP contribution in [0.15, 0.2) is 0 Å². The first-order valence-corrected chi connectivity index (χ1v) is 6.45. The average Bonchev–Trinajstić information content (AvgIpc) is 2.38. The van der Waals surface area contributed by atoms with Crippen LogP contribution in [0.4, 0.5) is 0 Å². The Morgan fingerprint density at radius 3 is 2.47 bits per heavy atom. The predicted molar refractivity (Wildman–Crippen MR) is 64.6 cm³/mol. The summed E-state index contributed by atoms with van der Waals surface area (Å²) in [4.78, 5) is 5.64. The van der Waals surface area contributed by atoms with Crippen molar-refractivity contribution in [2.75, 3.05) is 0 Å². The van der Waals surface area contributed by atoms with Crippen LogP contribution in [-0.4, -0.2) is 11.6 Å². The number of rotatable bonds is 3. The lowest BCUT2D eigenvalue weighted by Crippen LogP contribution is -2.36. The Morgan fingerprint density at radius 2 is 1.87 bits per heavy atom. The van der Waals surface area contributed by atoms with Gasteiger partial charge in [0.1, 0.15) is 0 Å². The van der Waals surface area contributed by atoms with Gasteiger partial charge in [-0.15, -0.1) is 0 Å². The van der Waals surface area contributed by atoms with E-state index in [1.165, 1.54) is 38.5 Å². The van der Waals surface area contributed by atoms with Gasteiger partial charge in [-0.1, -0.05) is 26.2 Å². The minimum Gasteiger partial charge on any atom is -0.296 e. The SMILES string of the molecule is CCC1CCCC(NOC(C)(C)C)CC1. The molecule has 0 amide bonds. The zero-order valence-corrected chi connectivity index (χ0v) is 10.8. The van der Waals surface area contributed by atoms with E-state index in [1.54, 1.807) is 0 Å². The zero-order chi connectivity index (χ0) is 11.3. The van der Waals surface area contributed by atoms with Gasteiger partial charge in [0.25, 0.3) is 0 Å². The van der Waals surface area contributed by atoms with E-state index in [1.807, 2.05) is 0 Å². The van der Waals surface area contributed by atoms with Crippen molar-refractivity contribution >= 4 is 0 Å². The van der Waals surface area contributed by atoms with E-state index < -0.39 is 0 Å². The lowest BCUT2D eigenvalue weighted by molar-refractivity contribution is -0.0901. The Morgan fingerprint density at radius 1 is 1.13 bits per heavy atom. The van der Waals surface area contributed by atoms with Crippen LogP contribution in [0.5, 0.6) is 0 Å². The lowest BCUT2D eigenvalue weighted by atomic mass is 9.98. The molecule has 1 aliphatic rings. The van der Waals surface area contributed by atoms with Gasteiger partial charge in [-0.05, 0) is 46.0 Å². The summed E-state index contributed by atoms with van der Waals surface area (Å²) < 4.78 is 0. The van der Waals surface area contributed by atoms with Gasteiger partial charge in [0.15, 0.2) is 0 Å². The largest absolute Gasteiger partial charge is 0.296 e. The van der Waals surface area contributed by atoms with E-state index in [0.29, 0.717) is 6.04 Å². The van der Waals surface area contributed by atoms with Crippen LogP contribution in [0.2, 0.25) is 0 Å². The fourth-order valence-corrected chi connectivity index (χ4v) is 2.16. The molecule has 0 aromatic carbocycles. The van der Waals surface area contributed by atoms with Gasteiger partial charge in [0.2, 0.25) is 0 Å². The maximum absolute atomic E-state index is 5.64. The monoisotopic (exact) mass is 213 g/mol. The first kappa shape index (κ1) is 13.0. The molecule has 0 heterocycles. The van der Waals surface area contributed by atoms with Crippen LogP contribution in [0.25, 0.3) is 0 Å². The van der Waals surface area contributed by atoms with Gasteiger partial charge in [0, 0.05) is 6.04 Å². The van der Waals surface area contributed by atoms with Crippen LogP contribution in [-0.2, 0) is 4.84 Å². The molecule has 1 aliphatic carbocycles. The minimum atomic E-state index is -0.0730. The van der Waals surface area contributed by atoms with Crippen molar-refractivity contribution in [3.63, 3.8) is 0 Å². The molecule has 0 bridgehead atoms. The summed E-state index contributed by atoms with van der Waals surface area (Å²) in [5.74, 6) is 0.950. The molecular weight excluding hydrogens is 186 g/mol.